The van der Waals surface area contributed by atoms with E-state index < -0.39 is 0 Å². The Labute approximate surface area is 146 Å². The van der Waals surface area contributed by atoms with Crippen molar-refractivity contribution in [3.05, 3.63) is 47.1 Å². The molecule has 1 fully saturated rings. The van der Waals surface area contributed by atoms with Crippen LogP contribution in [0.5, 0.6) is 0 Å². The zero-order chi connectivity index (χ0) is 17.1. The van der Waals surface area contributed by atoms with E-state index >= 15 is 0 Å². The van der Waals surface area contributed by atoms with Crippen LogP contribution in [0.2, 0.25) is 0 Å². The summed E-state index contributed by atoms with van der Waals surface area (Å²) in [6.45, 7) is 4.16. The lowest BCUT2D eigenvalue weighted by molar-refractivity contribution is 0.0331. The lowest BCUT2D eigenvalue weighted by Crippen LogP contribution is -2.39. The van der Waals surface area contributed by atoms with E-state index in [1.54, 1.807) is 24.5 Å². The van der Waals surface area contributed by atoms with Crippen molar-refractivity contribution >= 4 is 5.91 Å². The maximum atomic E-state index is 12.4. The second-order valence-corrected chi connectivity index (χ2v) is 6.57. The fourth-order valence-electron chi connectivity index (χ4n) is 3.45. The van der Waals surface area contributed by atoms with Crippen molar-refractivity contribution in [1.82, 2.24) is 20.4 Å². The number of aryl methyl sites for hydroxylation is 1. The summed E-state index contributed by atoms with van der Waals surface area (Å²) in [6, 6.07) is 3.57. The third-order valence-electron chi connectivity index (χ3n) is 4.88. The van der Waals surface area contributed by atoms with Crippen molar-refractivity contribution < 1.29 is 14.1 Å². The molecule has 1 saturated heterocycles. The van der Waals surface area contributed by atoms with E-state index in [-0.39, 0.29) is 11.9 Å². The van der Waals surface area contributed by atoms with Crippen LogP contribution in [0.4, 0.5) is 0 Å². The molecule has 2 aromatic rings. The van der Waals surface area contributed by atoms with E-state index in [9.17, 15) is 4.79 Å². The first-order valence-corrected chi connectivity index (χ1v) is 8.77. The van der Waals surface area contributed by atoms with E-state index in [1.165, 1.54) is 0 Å². The lowest BCUT2D eigenvalue weighted by Gasteiger charge is -2.27. The highest BCUT2D eigenvalue weighted by Gasteiger charge is 2.28. The Morgan fingerprint density at radius 1 is 1.28 bits per heavy atom. The van der Waals surface area contributed by atoms with Crippen molar-refractivity contribution in [2.75, 3.05) is 26.3 Å². The van der Waals surface area contributed by atoms with Crippen molar-refractivity contribution in [2.24, 2.45) is 0 Å². The summed E-state index contributed by atoms with van der Waals surface area (Å²) in [5.41, 5.74) is 2.80. The predicted octanol–water partition coefficient (Wildman–Crippen LogP) is 1.19. The topological polar surface area (TPSA) is 80.5 Å². The standard InChI is InChI=1S/C18H22N4O3/c23-18(13-3-5-19-6-4-13)20-14-1-2-17-15(11-14)16(21-25-17)12-22-7-9-24-10-8-22/h3-6,14H,1-2,7-12H2,(H,20,23). The molecule has 1 N–H and O–H groups in total. The molecule has 0 spiro atoms. The Bertz CT molecular complexity index is 725. The number of pyridine rings is 1. The summed E-state index contributed by atoms with van der Waals surface area (Å²) in [4.78, 5) is 18.6. The molecule has 7 nitrogen and oxygen atoms in total. The lowest BCUT2D eigenvalue weighted by atomic mass is 9.91. The minimum absolute atomic E-state index is 0.0537. The number of nitrogens with one attached hydrogen (secondary N) is 1. The number of nitrogens with zero attached hydrogens (tertiary/aromatic N) is 3. The second kappa shape index (κ2) is 7.33. The number of rotatable bonds is 4. The van der Waals surface area contributed by atoms with Crippen LogP contribution in [-0.2, 0) is 24.1 Å². The molecule has 4 rings (SSSR count). The van der Waals surface area contributed by atoms with E-state index in [0.29, 0.717) is 5.56 Å². The smallest absolute Gasteiger partial charge is 0.251 e. The maximum absolute atomic E-state index is 12.4. The summed E-state index contributed by atoms with van der Waals surface area (Å²) < 4.78 is 10.9. The van der Waals surface area contributed by atoms with Crippen molar-refractivity contribution in [1.29, 1.82) is 0 Å². The van der Waals surface area contributed by atoms with Gasteiger partial charge in [0.25, 0.3) is 5.91 Å². The first-order valence-electron chi connectivity index (χ1n) is 8.77. The molecular formula is C18H22N4O3. The maximum Gasteiger partial charge on any atom is 0.251 e. The summed E-state index contributed by atoms with van der Waals surface area (Å²) in [6.07, 6.45) is 5.72. The minimum atomic E-state index is -0.0537. The number of carbonyl (C=O) groups excluding carboxylic acids is 1. The van der Waals surface area contributed by atoms with Gasteiger partial charge in [-0.25, -0.2) is 0 Å². The van der Waals surface area contributed by atoms with E-state index in [1.807, 2.05) is 0 Å². The first kappa shape index (κ1) is 16.2. The van der Waals surface area contributed by atoms with Crippen LogP contribution >= 0.6 is 0 Å². The number of aromatic nitrogens is 2. The quantitative estimate of drug-likeness (QED) is 0.899. The molecule has 0 bridgehead atoms. The summed E-state index contributed by atoms with van der Waals surface area (Å²) in [5, 5.41) is 7.41. The number of hydrogen-bond donors (Lipinski definition) is 1. The molecule has 2 aliphatic rings. The molecular weight excluding hydrogens is 320 g/mol. The molecule has 0 aromatic carbocycles. The van der Waals surface area contributed by atoms with Gasteiger partial charge in [0.15, 0.2) is 0 Å². The third kappa shape index (κ3) is 3.72. The summed E-state index contributed by atoms with van der Waals surface area (Å²) in [7, 11) is 0. The summed E-state index contributed by atoms with van der Waals surface area (Å²) in [5.74, 6) is 0.916. The molecule has 3 heterocycles. The fourth-order valence-corrected chi connectivity index (χ4v) is 3.45. The molecule has 7 heteroatoms. The van der Waals surface area contributed by atoms with Crippen LogP contribution in [0.3, 0.4) is 0 Å². The SMILES string of the molecule is O=C(NC1CCc2onc(CN3CCOCC3)c2C1)c1ccncc1. The highest BCUT2D eigenvalue weighted by atomic mass is 16.5. The van der Waals surface area contributed by atoms with Crippen molar-refractivity contribution in [3.8, 4) is 0 Å². The monoisotopic (exact) mass is 342 g/mol. The number of fused-ring (bicyclic) bond motifs is 1. The fraction of sp³-hybridized carbons (Fsp3) is 0.500. The van der Waals surface area contributed by atoms with Crippen molar-refractivity contribution in [3.63, 3.8) is 0 Å². The Hall–Kier alpha value is -2.25. The third-order valence-corrected chi connectivity index (χ3v) is 4.88. The predicted molar refractivity (Wildman–Crippen MR) is 90.1 cm³/mol. The Morgan fingerprint density at radius 3 is 2.88 bits per heavy atom. The average molecular weight is 342 g/mol. The number of carbonyl (C=O) groups is 1. The molecule has 1 atom stereocenters. The van der Waals surface area contributed by atoms with Gasteiger partial charge in [-0.3, -0.25) is 14.7 Å². The van der Waals surface area contributed by atoms with Crippen molar-refractivity contribution in [2.45, 2.75) is 31.8 Å². The van der Waals surface area contributed by atoms with Gasteiger partial charge in [0.1, 0.15) is 11.5 Å². The molecule has 0 saturated carbocycles. The summed E-state index contributed by atoms with van der Waals surface area (Å²) >= 11 is 0. The average Bonchev–Trinajstić information content (AvgIpc) is 3.05. The Balaban J connectivity index is 1.41. The first-order chi connectivity index (χ1) is 12.3. The van der Waals surface area contributed by atoms with E-state index in [2.05, 4.69) is 20.4 Å². The molecule has 1 unspecified atom stereocenters. The van der Waals surface area contributed by atoms with Gasteiger partial charge in [0, 0.05) is 55.6 Å². The molecule has 1 aliphatic heterocycles. The van der Waals surface area contributed by atoms with Crippen LogP contribution in [-0.4, -0.2) is 53.3 Å². The number of ether oxygens (including phenoxy) is 1. The van der Waals surface area contributed by atoms with Gasteiger partial charge < -0.3 is 14.6 Å². The second-order valence-electron chi connectivity index (χ2n) is 6.57. The number of hydrogen-bond acceptors (Lipinski definition) is 6. The molecule has 2 aromatic heterocycles. The van der Waals surface area contributed by atoms with Gasteiger partial charge in [-0.15, -0.1) is 0 Å². The number of amides is 1. The van der Waals surface area contributed by atoms with Gasteiger partial charge in [0.05, 0.1) is 13.2 Å². The van der Waals surface area contributed by atoms with Crippen LogP contribution in [0.15, 0.2) is 29.0 Å². The van der Waals surface area contributed by atoms with Gasteiger partial charge in [0.2, 0.25) is 0 Å². The molecule has 132 valence electrons. The van der Waals surface area contributed by atoms with Gasteiger partial charge in [-0.05, 0) is 25.0 Å². The van der Waals surface area contributed by atoms with Gasteiger partial charge in [-0.1, -0.05) is 5.16 Å². The van der Waals surface area contributed by atoms with Crippen LogP contribution in [0.25, 0.3) is 0 Å². The number of morpholine rings is 1. The van der Waals surface area contributed by atoms with Gasteiger partial charge >= 0.3 is 0 Å². The zero-order valence-electron chi connectivity index (χ0n) is 14.1. The van der Waals surface area contributed by atoms with Crippen LogP contribution < -0.4 is 5.32 Å². The minimum Gasteiger partial charge on any atom is -0.379 e. The van der Waals surface area contributed by atoms with E-state index in [4.69, 9.17) is 9.26 Å². The van der Waals surface area contributed by atoms with Gasteiger partial charge in [-0.2, -0.15) is 0 Å². The molecule has 1 amide bonds. The Kier molecular flexibility index (Phi) is 4.76. The normalized spacial score (nSPS) is 20.9. The highest BCUT2D eigenvalue weighted by molar-refractivity contribution is 5.94. The zero-order valence-corrected chi connectivity index (χ0v) is 14.1. The Morgan fingerprint density at radius 2 is 2.08 bits per heavy atom. The van der Waals surface area contributed by atoms with E-state index in [0.717, 1.165) is 69.1 Å². The molecule has 1 aliphatic carbocycles. The molecule has 0 radical (unpaired) electrons. The molecule has 25 heavy (non-hydrogen) atoms. The van der Waals surface area contributed by atoms with Crippen LogP contribution in [0.1, 0.15) is 33.8 Å². The highest BCUT2D eigenvalue weighted by Crippen LogP contribution is 2.26. The van der Waals surface area contributed by atoms with Crippen LogP contribution in [0, 0.1) is 0 Å². The largest absolute Gasteiger partial charge is 0.379 e.